The summed E-state index contributed by atoms with van der Waals surface area (Å²) in [5.74, 6) is 0. The van der Waals surface area contributed by atoms with Crippen LogP contribution in [0.3, 0.4) is 0 Å². The maximum atomic E-state index is 11.9. The SMILES string of the molecule is CO[C@@H]1CN(C(=O)OC(C)(C)C)CC[C@H]1N=[N+]=[N-]. The van der Waals surface area contributed by atoms with E-state index >= 15 is 0 Å². The molecule has 7 heteroatoms. The monoisotopic (exact) mass is 256 g/mol. The molecule has 0 aliphatic carbocycles. The smallest absolute Gasteiger partial charge is 0.410 e. The third-order valence-electron chi connectivity index (χ3n) is 2.68. The lowest BCUT2D eigenvalue weighted by atomic mass is 10.0. The predicted octanol–water partition coefficient (Wildman–Crippen LogP) is 2.32. The molecular weight excluding hydrogens is 236 g/mol. The lowest BCUT2D eigenvalue weighted by molar-refractivity contribution is -0.0126. The molecule has 0 bridgehead atoms. The van der Waals surface area contributed by atoms with E-state index in [2.05, 4.69) is 10.0 Å². The Morgan fingerprint density at radius 1 is 1.50 bits per heavy atom. The van der Waals surface area contributed by atoms with E-state index < -0.39 is 5.60 Å². The highest BCUT2D eigenvalue weighted by Crippen LogP contribution is 2.19. The minimum absolute atomic E-state index is 0.223. The first-order valence-corrected chi connectivity index (χ1v) is 5.92. The summed E-state index contributed by atoms with van der Waals surface area (Å²) in [6.07, 6.45) is -0.0481. The molecule has 102 valence electrons. The largest absolute Gasteiger partial charge is 0.444 e. The Morgan fingerprint density at radius 3 is 2.67 bits per heavy atom. The van der Waals surface area contributed by atoms with Gasteiger partial charge in [-0.15, -0.1) is 0 Å². The highest BCUT2D eigenvalue weighted by molar-refractivity contribution is 5.68. The maximum absolute atomic E-state index is 11.9. The van der Waals surface area contributed by atoms with Gasteiger partial charge in [0.15, 0.2) is 0 Å². The Bertz CT molecular complexity index is 347. The lowest BCUT2D eigenvalue weighted by Crippen LogP contribution is -2.50. The Morgan fingerprint density at radius 2 is 2.17 bits per heavy atom. The van der Waals surface area contributed by atoms with Crippen molar-refractivity contribution in [1.82, 2.24) is 4.90 Å². The maximum Gasteiger partial charge on any atom is 0.410 e. The molecule has 1 aliphatic rings. The summed E-state index contributed by atoms with van der Waals surface area (Å²) in [5, 5.41) is 3.68. The number of amides is 1. The second-order valence-electron chi connectivity index (χ2n) is 5.26. The summed E-state index contributed by atoms with van der Waals surface area (Å²) in [4.78, 5) is 16.3. The van der Waals surface area contributed by atoms with E-state index in [4.69, 9.17) is 15.0 Å². The van der Waals surface area contributed by atoms with Crippen LogP contribution in [0.4, 0.5) is 4.79 Å². The van der Waals surface area contributed by atoms with Gasteiger partial charge >= 0.3 is 6.09 Å². The van der Waals surface area contributed by atoms with Crippen LogP contribution in [0.5, 0.6) is 0 Å². The highest BCUT2D eigenvalue weighted by Gasteiger charge is 2.33. The molecule has 7 nitrogen and oxygen atoms in total. The topological polar surface area (TPSA) is 87.5 Å². The van der Waals surface area contributed by atoms with Crippen molar-refractivity contribution in [2.45, 2.75) is 44.9 Å². The number of carbonyl (C=O) groups excluding carboxylic acids is 1. The van der Waals surface area contributed by atoms with Crippen molar-refractivity contribution in [2.24, 2.45) is 5.11 Å². The van der Waals surface area contributed by atoms with Crippen LogP contribution < -0.4 is 0 Å². The zero-order valence-corrected chi connectivity index (χ0v) is 11.3. The number of likely N-dealkylation sites (tertiary alicyclic amines) is 1. The molecule has 0 radical (unpaired) electrons. The summed E-state index contributed by atoms with van der Waals surface area (Å²) < 4.78 is 10.5. The fourth-order valence-electron chi connectivity index (χ4n) is 1.83. The van der Waals surface area contributed by atoms with Crippen LogP contribution in [0, 0.1) is 0 Å². The average Bonchev–Trinajstić information content (AvgIpc) is 2.27. The van der Waals surface area contributed by atoms with Crippen LogP contribution in [0.1, 0.15) is 27.2 Å². The Balaban J connectivity index is 2.62. The summed E-state index contributed by atoms with van der Waals surface area (Å²) >= 11 is 0. The number of piperidine rings is 1. The molecule has 1 amide bonds. The first-order chi connectivity index (χ1) is 8.37. The summed E-state index contributed by atoms with van der Waals surface area (Å²) in [6.45, 7) is 6.37. The average molecular weight is 256 g/mol. The van der Waals surface area contributed by atoms with Crippen molar-refractivity contribution in [3.05, 3.63) is 10.4 Å². The number of ether oxygens (including phenoxy) is 2. The molecule has 0 aromatic rings. The first kappa shape index (κ1) is 14.6. The molecule has 0 unspecified atom stereocenters. The molecule has 1 aliphatic heterocycles. The van der Waals surface area contributed by atoms with Gasteiger partial charge in [-0.3, -0.25) is 0 Å². The van der Waals surface area contributed by atoms with Crippen molar-refractivity contribution >= 4 is 6.09 Å². The van der Waals surface area contributed by atoms with Gasteiger partial charge < -0.3 is 14.4 Å². The molecule has 1 rings (SSSR count). The third kappa shape index (κ3) is 4.09. The number of hydrogen-bond acceptors (Lipinski definition) is 4. The molecule has 0 aromatic carbocycles. The molecule has 1 saturated heterocycles. The second kappa shape index (κ2) is 5.93. The van der Waals surface area contributed by atoms with Gasteiger partial charge in [0.1, 0.15) is 5.60 Å². The minimum Gasteiger partial charge on any atom is -0.444 e. The van der Waals surface area contributed by atoms with Crippen LogP contribution in [-0.2, 0) is 9.47 Å². The van der Waals surface area contributed by atoms with Gasteiger partial charge in [-0.2, -0.15) is 0 Å². The van der Waals surface area contributed by atoms with Gasteiger partial charge in [-0.05, 0) is 32.7 Å². The van der Waals surface area contributed by atoms with Crippen molar-refractivity contribution < 1.29 is 14.3 Å². The Labute approximate surface area is 107 Å². The summed E-state index contributed by atoms with van der Waals surface area (Å²) in [5.41, 5.74) is 7.94. The van der Waals surface area contributed by atoms with Crippen molar-refractivity contribution in [1.29, 1.82) is 0 Å². The van der Waals surface area contributed by atoms with Gasteiger partial charge in [-0.25, -0.2) is 4.79 Å². The Hall–Kier alpha value is -1.46. The zero-order valence-electron chi connectivity index (χ0n) is 11.3. The molecule has 0 aromatic heterocycles. The number of nitrogens with zero attached hydrogens (tertiary/aromatic N) is 4. The van der Waals surface area contributed by atoms with E-state index in [1.54, 1.807) is 12.0 Å². The standard InChI is InChI=1S/C11H20N4O3/c1-11(2,3)18-10(16)15-6-5-8(13-14-12)9(7-15)17-4/h8-9H,5-7H2,1-4H3/t8-,9-/m1/s1. The van der Waals surface area contributed by atoms with E-state index in [-0.39, 0.29) is 18.2 Å². The number of carbonyl (C=O) groups is 1. The van der Waals surface area contributed by atoms with E-state index in [9.17, 15) is 4.79 Å². The van der Waals surface area contributed by atoms with E-state index in [1.807, 2.05) is 20.8 Å². The summed E-state index contributed by atoms with van der Waals surface area (Å²) in [6, 6.07) is -0.223. The molecule has 1 heterocycles. The van der Waals surface area contributed by atoms with Gasteiger partial charge in [0.2, 0.25) is 0 Å². The normalized spacial score (nSPS) is 24.3. The van der Waals surface area contributed by atoms with Crippen LogP contribution in [-0.4, -0.2) is 48.9 Å². The third-order valence-corrected chi connectivity index (χ3v) is 2.68. The van der Waals surface area contributed by atoms with Gasteiger partial charge in [0.05, 0.1) is 18.7 Å². The molecular formula is C11H20N4O3. The molecule has 0 saturated carbocycles. The first-order valence-electron chi connectivity index (χ1n) is 5.92. The quantitative estimate of drug-likeness (QED) is 0.431. The van der Waals surface area contributed by atoms with Gasteiger partial charge in [0.25, 0.3) is 0 Å². The van der Waals surface area contributed by atoms with Crippen molar-refractivity contribution in [3.63, 3.8) is 0 Å². The van der Waals surface area contributed by atoms with Crippen molar-refractivity contribution in [2.75, 3.05) is 20.2 Å². The number of azide groups is 1. The zero-order chi connectivity index (χ0) is 13.8. The second-order valence-corrected chi connectivity index (χ2v) is 5.26. The number of methoxy groups -OCH3 is 1. The predicted molar refractivity (Wildman–Crippen MR) is 66.2 cm³/mol. The van der Waals surface area contributed by atoms with Crippen LogP contribution >= 0.6 is 0 Å². The molecule has 18 heavy (non-hydrogen) atoms. The molecule has 0 spiro atoms. The van der Waals surface area contributed by atoms with E-state index in [0.717, 1.165) is 0 Å². The van der Waals surface area contributed by atoms with Crippen LogP contribution in [0.15, 0.2) is 5.11 Å². The lowest BCUT2D eigenvalue weighted by Gasteiger charge is -2.36. The van der Waals surface area contributed by atoms with E-state index in [0.29, 0.717) is 19.5 Å². The fourth-order valence-corrected chi connectivity index (χ4v) is 1.83. The number of rotatable bonds is 2. The molecule has 1 fully saturated rings. The van der Waals surface area contributed by atoms with Crippen LogP contribution in [0.2, 0.25) is 0 Å². The van der Waals surface area contributed by atoms with Crippen LogP contribution in [0.25, 0.3) is 10.4 Å². The molecule has 2 atom stereocenters. The van der Waals surface area contributed by atoms with E-state index in [1.165, 1.54) is 0 Å². The number of hydrogen-bond donors (Lipinski definition) is 0. The highest BCUT2D eigenvalue weighted by atomic mass is 16.6. The van der Waals surface area contributed by atoms with Crippen molar-refractivity contribution in [3.8, 4) is 0 Å². The summed E-state index contributed by atoms with van der Waals surface area (Å²) in [7, 11) is 1.54. The fraction of sp³-hybridized carbons (Fsp3) is 0.909. The van der Waals surface area contributed by atoms with Gasteiger partial charge in [-0.1, -0.05) is 5.11 Å². The minimum atomic E-state index is -0.513. The van der Waals surface area contributed by atoms with Gasteiger partial charge in [0, 0.05) is 18.6 Å². The Kier molecular flexibility index (Phi) is 4.81. The molecule has 0 N–H and O–H groups in total.